The quantitative estimate of drug-likeness (QED) is 0.287. The summed E-state index contributed by atoms with van der Waals surface area (Å²) in [6.45, 7) is 7.70. The highest BCUT2D eigenvalue weighted by Gasteiger charge is 2.35. The van der Waals surface area contributed by atoms with Crippen molar-refractivity contribution < 1.29 is 14.3 Å². The van der Waals surface area contributed by atoms with Crippen molar-refractivity contribution in [1.29, 1.82) is 0 Å². The molecule has 6 rings (SSSR count). The summed E-state index contributed by atoms with van der Waals surface area (Å²) in [5.74, 6) is -0.243. The van der Waals surface area contributed by atoms with E-state index in [0.29, 0.717) is 4.91 Å². The summed E-state index contributed by atoms with van der Waals surface area (Å²) < 4.78 is 7.66. The topological polar surface area (TPSA) is 54.8 Å². The van der Waals surface area contributed by atoms with Crippen LogP contribution in [0.25, 0.3) is 22.5 Å². The van der Waals surface area contributed by atoms with Crippen LogP contribution in [0.2, 0.25) is 0 Å². The van der Waals surface area contributed by atoms with E-state index in [1.165, 1.54) is 10.6 Å². The summed E-state index contributed by atoms with van der Waals surface area (Å²) in [6.07, 6.45) is 1.85. The maximum Gasteiger partial charge on any atom is 0.293 e. The molecule has 192 valence electrons. The molecule has 0 atom stereocenters. The maximum atomic E-state index is 13.2. The molecule has 0 spiro atoms. The molecule has 0 radical (unpaired) electrons. The fraction of sp³-hybridized carbons (Fsp3) is 0.226. The highest BCUT2D eigenvalue weighted by Crippen LogP contribution is 2.35. The van der Waals surface area contributed by atoms with Crippen LogP contribution in [-0.2, 0) is 16.1 Å². The Kier molecular flexibility index (Phi) is 6.55. The summed E-state index contributed by atoms with van der Waals surface area (Å²) in [4.78, 5) is 30.2. The van der Waals surface area contributed by atoms with E-state index in [-0.39, 0.29) is 17.7 Å². The van der Waals surface area contributed by atoms with Gasteiger partial charge in [-0.3, -0.25) is 14.5 Å². The number of thioether (sulfide) groups is 1. The molecule has 0 N–H and O–H groups in total. The molecule has 0 bridgehead atoms. The number of aromatic nitrogens is 1. The largest absolute Gasteiger partial charge is 0.378 e. The number of carbonyl (C=O) groups is 2. The van der Waals surface area contributed by atoms with E-state index >= 15 is 0 Å². The van der Waals surface area contributed by atoms with Gasteiger partial charge in [-0.15, -0.1) is 0 Å². The van der Waals surface area contributed by atoms with Crippen LogP contribution < -0.4 is 4.90 Å². The van der Waals surface area contributed by atoms with Crippen LogP contribution in [0.15, 0.2) is 77.7 Å². The molecular formula is C31H29N3O3S. The van der Waals surface area contributed by atoms with Gasteiger partial charge in [0.2, 0.25) is 0 Å². The highest BCUT2D eigenvalue weighted by molar-refractivity contribution is 8.18. The lowest BCUT2D eigenvalue weighted by Gasteiger charge is -2.29. The molecular weight excluding hydrogens is 494 g/mol. The van der Waals surface area contributed by atoms with Crippen LogP contribution in [0.4, 0.5) is 10.5 Å². The van der Waals surface area contributed by atoms with Crippen molar-refractivity contribution in [2.75, 3.05) is 31.2 Å². The summed E-state index contributed by atoms with van der Waals surface area (Å²) in [5, 5.41) is 2.00. The predicted octanol–water partition coefficient (Wildman–Crippen LogP) is 6.32. The molecule has 7 heteroatoms. The Hall–Kier alpha value is -3.81. The minimum Gasteiger partial charge on any atom is -0.378 e. The number of morpholine rings is 1. The molecule has 0 saturated carbocycles. The van der Waals surface area contributed by atoms with Gasteiger partial charge >= 0.3 is 0 Å². The van der Waals surface area contributed by atoms with E-state index in [1.807, 2.05) is 49.4 Å². The molecule has 38 heavy (non-hydrogen) atoms. The number of carbonyl (C=O) groups excluding carboxylic acids is 2. The molecule has 0 unspecified atom stereocenters. The third-order valence-electron chi connectivity index (χ3n) is 7.27. The third-order valence-corrected chi connectivity index (χ3v) is 8.18. The Morgan fingerprint density at radius 3 is 2.34 bits per heavy atom. The van der Waals surface area contributed by atoms with E-state index in [4.69, 9.17) is 4.74 Å². The molecule has 3 aromatic carbocycles. The number of imide groups is 1. The van der Waals surface area contributed by atoms with E-state index in [1.54, 1.807) is 0 Å². The van der Waals surface area contributed by atoms with Crippen molar-refractivity contribution in [3.63, 3.8) is 0 Å². The van der Waals surface area contributed by atoms with E-state index in [9.17, 15) is 9.59 Å². The summed E-state index contributed by atoms with van der Waals surface area (Å²) in [7, 11) is 0. The van der Waals surface area contributed by atoms with Gasteiger partial charge in [0.25, 0.3) is 11.1 Å². The van der Waals surface area contributed by atoms with Crippen LogP contribution in [-0.4, -0.2) is 46.9 Å². The van der Waals surface area contributed by atoms with Crippen molar-refractivity contribution in [1.82, 2.24) is 9.47 Å². The number of hydrogen-bond donors (Lipinski definition) is 0. The second kappa shape index (κ2) is 10.2. The van der Waals surface area contributed by atoms with Crippen LogP contribution >= 0.6 is 11.8 Å². The average molecular weight is 524 g/mol. The van der Waals surface area contributed by atoms with Gasteiger partial charge in [-0.1, -0.05) is 36.4 Å². The van der Waals surface area contributed by atoms with Gasteiger partial charge in [0.1, 0.15) is 0 Å². The number of anilines is 1. The summed E-state index contributed by atoms with van der Waals surface area (Å²) >= 11 is 1.01. The number of hydrogen-bond acceptors (Lipinski definition) is 5. The lowest BCUT2D eigenvalue weighted by molar-refractivity contribution is -0.123. The number of rotatable bonds is 5. The number of ether oxygens (including phenoxy) is 1. The van der Waals surface area contributed by atoms with Gasteiger partial charge < -0.3 is 14.2 Å². The SMILES string of the molecule is Cc1cc(/C=C2\SC(=O)N(Cc3ccc4ccccc4c3)C2=O)c(C)n1-c1ccc(N2CCOCC2)cc1. The molecule has 4 aromatic rings. The number of aryl methyl sites for hydroxylation is 1. The molecule has 1 aromatic heterocycles. The first kappa shape index (κ1) is 24.5. The molecule has 2 fully saturated rings. The van der Waals surface area contributed by atoms with Crippen molar-refractivity contribution in [2.45, 2.75) is 20.4 Å². The Morgan fingerprint density at radius 1 is 0.868 bits per heavy atom. The third kappa shape index (κ3) is 4.64. The standard InChI is InChI=1S/C31H29N3O3S/c1-21-17-26(22(2)34(21)28-11-9-27(10-12-28)32-13-15-37-16-14-32)19-29-30(35)33(31(36)38-29)20-23-7-8-24-5-3-4-6-25(24)18-23/h3-12,17-19H,13-16,20H2,1-2H3/b29-19-. The van der Waals surface area contributed by atoms with Crippen molar-refractivity contribution in [2.24, 2.45) is 0 Å². The Morgan fingerprint density at radius 2 is 1.58 bits per heavy atom. The molecule has 2 aliphatic rings. The Bertz CT molecular complexity index is 1570. The molecule has 3 heterocycles. The minimum absolute atomic E-state index is 0.234. The first-order valence-electron chi connectivity index (χ1n) is 12.8. The second-order valence-electron chi connectivity index (χ2n) is 9.73. The number of nitrogens with zero attached hydrogens (tertiary/aromatic N) is 3. The van der Waals surface area contributed by atoms with Crippen LogP contribution in [0, 0.1) is 13.8 Å². The van der Waals surface area contributed by atoms with Gasteiger partial charge in [-0.25, -0.2) is 0 Å². The van der Waals surface area contributed by atoms with Crippen LogP contribution in [0.1, 0.15) is 22.5 Å². The lowest BCUT2D eigenvalue weighted by Crippen LogP contribution is -2.36. The molecule has 0 aliphatic carbocycles. The van der Waals surface area contributed by atoms with E-state index in [2.05, 4.69) is 52.8 Å². The smallest absolute Gasteiger partial charge is 0.293 e. The Labute approximate surface area is 226 Å². The monoisotopic (exact) mass is 523 g/mol. The Balaban J connectivity index is 1.22. The summed E-state index contributed by atoms with van der Waals surface area (Å²) in [6, 6.07) is 24.8. The lowest BCUT2D eigenvalue weighted by atomic mass is 10.1. The summed E-state index contributed by atoms with van der Waals surface area (Å²) in [5.41, 5.74) is 6.24. The fourth-order valence-corrected chi connectivity index (χ4v) is 6.09. The highest BCUT2D eigenvalue weighted by atomic mass is 32.2. The van der Waals surface area contributed by atoms with Gasteiger partial charge in [-0.2, -0.15) is 0 Å². The maximum absolute atomic E-state index is 13.2. The molecule has 6 nitrogen and oxygen atoms in total. The van der Waals surface area contributed by atoms with E-state index < -0.39 is 0 Å². The van der Waals surface area contributed by atoms with Crippen molar-refractivity contribution in [3.05, 3.63) is 100 Å². The number of fused-ring (bicyclic) bond motifs is 1. The zero-order valence-corrected chi connectivity index (χ0v) is 22.3. The first-order chi connectivity index (χ1) is 18.5. The zero-order valence-electron chi connectivity index (χ0n) is 21.5. The van der Waals surface area contributed by atoms with Crippen LogP contribution in [0.5, 0.6) is 0 Å². The van der Waals surface area contributed by atoms with Crippen LogP contribution in [0.3, 0.4) is 0 Å². The second-order valence-corrected chi connectivity index (χ2v) is 10.7. The predicted molar refractivity (Wildman–Crippen MR) is 154 cm³/mol. The van der Waals surface area contributed by atoms with Crippen molar-refractivity contribution >= 4 is 45.4 Å². The average Bonchev–Trinajstić information content (AvgIpc) is 3.37. The normalized spacial score (nSPS) is 17.3. The van der Waals surface area contributed by atoms with Gasteiger partial charge in [0.05, 0.1) is 24.7 Å². The van der Waals surface area contributed by atoms with Gasteiger partial charge in [-0.05, 0) is 90.0 Å². The minimum atomic E-state index is -0.243. The van der Waals surface area contributed by atoms with E-state index in [0.717, 1.165) is 77.0 Å². The first-order valence-corrected chi connectivity index (χ1v) is 13.6. The van der Waals surface area contributed by atoms with Gasteiger partial charge in [0, 0.05) is 35.9 Å². The molecule has 2 amide bonds. The number of benzene rings is 3. The van der Waals surface area contributed by atoms with Gasteiger partial charge in [0.15, 0.2) is 0 Å². The molecule has 2 aliphatic heterocycles. The fourth-order valence-electron chi connectivity index (χ4n) is 5.26. The molecule has 2 saturated heterocycles. The zero-order chi connectivity index (χ0) is 26.2. The van der Waals surface area contributed by atoms with Crippen molar-refractivity contribution in [3.8, 4) is 5.69 Å². The number of amides is 2.